The van der Waals surface area contributed by atoms with Crippen LogP contribution in [0.4, 0.5) is 11.5 Å². The zero-order valence-corrected chi connectivity index (χ0v) is 11.0. The van der Waals surface area contributed by atoms with Gasteiger partial charge in [-0.2, -0.15) is 5.26 Å². The van der Waals surface area contributed by atoms with Crippen LogP contribution in [-0.2, 0) is 0 Å². The molecule has 4 nitrogen and oxygen atoms in total. The van der Waals surface area contributed by atoms with Gasteiger partial charge in [-0.05, 0) is 24.3 Å². The minimum absolute atomic E-state index is 0.616. The molecule has 3 rings (SSSR count). The van der Waals surface area contributed by atoms with Crippen molar-refractivity contribution in [1.29, 1.82) is 5.26 Å². The summed E-state index contributed by atoms with van der Waals surface area (Å²) in [6, 6.07) is 17.4. The molecule has 4 heteroatoms. The lowest BCUT2D eigenvalue weighted by molar-refractivity contribution is 1.12. The minimum atomic E-state index is 0.616. The van der Waals surface area contributed by atoms with Gasteiger partial charge in [0.15, 0.2) is 5.82 Å². The van der Waals surface area contributed by atoms with Gasteiger partial charge in [0.1, 0.15) is 6.07 Å². The molecule has 0 aliphatic rings. The summed E-state index contributed by atoms with van der Waals surface area (Å²) in [6.45, 7) is 0. The van der Waals surface area contributed by atoms with E-state index >= 15 is 0 Å². The molecule has 3 aromatic rings. The zero-order valence-electron chi connectivity index (χ0n) is 11.0. The lowest BCUT2D eigenvalue weighted by Gasteiger charge is -2.19. The lowest BCUT2D eigenvalue weighted by atomic mass is 10.2. The average molecular weight is 260 g/mol. The van der Waals surface area contributed by atoms with Crippen LogP contribution in [0.15, 0.2) is 54.7 Å². The number of hydrogen-bond donors (Lipinski definition) is 0. The molecule has 1 aromatic heterocycles. The molecule has 96 valence electrons. The molecule has 0 radical (unpaired) electrons. The Morgan fingerprint density at radius 3 is 2.50 bits per heavy atom. The van der Waals surface area contributed by atoms with Crippen molar-refractivity contribution < 1.29 is 0 Å². The molecule has 1 heterocycles. The van der Waals surface area contributed by atoms with Crippen LogP contribution in [0.2, 0.25) is 0 Å². The van der Waals surface area contributed by atoms with Gasteiger partial charge in [0.25, 0.3) is 0 Å². The molecule has 0 saturated carbocycles. The highest BCUT2D eigenvalue weighted by molar-refractivity contribution is 5.77. The molecule has 0 aliphatic heterocycles. The maximum atomic E-state index is 9.17. The van der Waals surface area contributed by atoms with Crippen LogP contribution in [0.1, 0.15) is 5.56 Å². The lowest BCUT2D eigenvalue weighted by Crippen LogP contribution is -2.13. The number of benzene rings is 2. The van der Waals surface area contributed by atoms with Gasteiger partial charge in [0, 0.05) is 7.05 Å². The number of fused-ring (bicyclic) bond motifs is 1. The number of nitriles is 1. The second kappa shape index (κ2) is 4.98. The first-order valence-electron chi connectivity index (χ1n) is 6.24. The van der Waals surface area contributed by atoms with Crippen molar-refractivity contribution in [2.45, 2.75) is 0 Å². The largest absolute Gasteiger partial charge is 0.327 e. The molecule has 0 atom stereocenters. The summed E-state index contributed by atoms with van der Waals surface area (Å²) in [4.78, 5) is 10.9. The molecule has 0 fully saturated rings. The van der Waals surface area contributed by atoms with Gasteiger partial charge in [-0.1, -0.05) is 24.3 Å². The molecule has 0 aliphatic carbocycles. The molecule has 20 heavy (non-hydrogen) atoms. The van der Waals surface area contributed by atoms with Gasteiger partial charge in [-0.15, -0.1) is 0 Å². The van der Waals surface area contributed by atoms with Gasteiger partial charge < -0.3 is 4.90 Å². The average Bonchev–Trinajstić information content (AvgIpc) is 2.53. The Kier molecular flexibility index (Phi) is 3.02. The van der Waals surface area contributed by atoms with E-state index in [2.05, 4.69) is 16.0 Å². The standard InChI is InChI=1S/C16H12N4/c1-20(15-9-5-2-6-12(15)10-17)16-11-18-13-7-3-4-8-14(13)19-16/h2-9,11H,1H3. The van der Waals surface area contributed by atoms with E-state index < -0.39 is 0 Å². The van der Waals surface area contributed by atoms with Crippen LogP contribution in [-0.4, -0.2) is 17.0 Å². The maximum absolute atomic E-state index is 9.17. The summed E-state index contributed by atoms with van der Waals surface area (Å²) >= 11 is 0. The summed E-state index contributed by atoms with van der Waals surface area (Å²) in [5, 5.41) is 9.17. The van der Waals surface area contributed by atoms with E-state index in [1.165, 1.54) is 0 Å². The van der Waals surface area contributed by atoms with Crippen LogP contribution in [0.25, 0.3) is 11.0 Å². The third-order valence-corrected chi connectivity index (χ3v) is 3.17. The van der Waals surface area contributed by atoms with Gasteiger partial charge in [-0.3, -0.25) is 4.98 Å². The van der Waals surface area contributed by atoms with Crippen molar-refractivity contribution in [1.82, 2.24) is 9.97 Å². The minimum Gasteiger partial charge on any atom is -0.327 e. The Morgan fingerprint density at radius 2 is 1.70 bits per heavy atom. The summed E-state index contributed by atoms with van der Waals surface area (Å²) in [6.07, 6.45) is 1.72. The quantitative estimate of drug-likeness (QED) is 0.709. The molecule has 0 unspecified atom stereocenters. The molecule has 0 bridgehead atoms. The maximum Gasteiger partial charge on any atom is 0.152 e. The fourth-order valence-electron chi connectivity index (χ4n) is 2.09. The predicted octanol–water partition coefficient (Wildman–Crippen LogP) is 3.27. The summed E-state index contributed by atoms with van der Waals surface area (Å²) in [5.41, 5.74) is 3.13. The van der Waals surface area contributed by atoms with Crippen LogP contribution >= 0.6 is 0 Å². The highest BCUT2D eigenvalue weighted by Crippen LogP contribution is 2.25. The summed E-state index contributed by atoms with van der Waals surface area (Å²) in [7, 11) is 1.88. The first kappa shape index (κ1) is 12.1. The Balaban J connectivity index is 2.08. The Morgan fingerprint density at radius 1 is 1.00 bits per heavy atom. The predicted molar refractivity (Wildman–Crippen MR) is 78.8 cm³/mol. The zero-order chi connectivity index (χ0) is 13.9. The van der Waals surface area contributed by atoms with Crippen molar-refractivity contribution in [3.8, 4) is 6.07 Å². The van der Waals surface area contributed by atoms with Gasteiger partial charge in [0.05, 0.1) is 28.5 Å². The molecule has 2 aromatic carbocycles. The van der Waals surface area contributed by atoms with Crippen LogP contribution in [0.3, 0.4) is 0 Å². The third kappa shape index (κ3) is 2.06. The monoisotopic (exact) mass is 260 g/mol. The number of nitrogens with zero attached hydrogens (tertiary/aromatic N) is 4. The smallest absolute Gasteiger partial charge is 0.152 e. The number of rotatable bonds is 2. The molecule has 0 N–H and O–H groups in total. The van der Waals surface area contributed by atoms with Crippen molar-refractivity contribution >= 4 is 22.5 Å². The first-order valence-corrected chi connectivity index (χ1v) is 6.24. The first-order chi connectivity index (χ1) is 9.79. The highest BCUT2D eigenvalue weighted by atomic mass is 15.2. The topological polar surface area (TPSA) is 52.8 Å². The van der Waals surface area contributed by atoms with E-state index in [0.29, 0.717) is 11.4 Å². The number of hydrogen-bond acceptors (Lipinski definition) is 4. The fraction of sp³-hybridized carbons (Fsp3) is 0.0625. The third-order valence-electron chi connectivity index (χ3n) is 3.17. The normalized spacial score (nSPS) is 10.2. The Labute approximate surface area is 116 Å². The summed E-state index contributed by atoms with van der Waals surface area (Å²) in [5.74, 6) is 0.714. The number of aromatic nitrogens is 2. The second-order valence-electron chi connectivity index (χ2n) is 4.40. The second-order valence-corrected chi connectivity index (χ2v) is 4.40. The van der Waals surface area contributed by atoms with Crippen molar-refractivity contribution in [2.24, 2.45) is 0 Å². The Hall–Kier alpha value is -2.93. The van der Waals surface area contributed by atoms with Gasteiger partial charge >= 0.3 is 0 Å². The SMILES string of the molecule is CN(c1cnc2ccccc2n1)c1ccccc1C#N. The van der Waals surface area contributed by atoms with Gasteiger partial charge in [0.2, 0.25) is 0 Å². The van der Waals surface area contributed by atoms with E-state index in [4.69, 9.17) is 0 Å². The van der Waals surface area contributed by atoms with Crippen molar-refractivity contribution in [2.75, 3.05) is 11.9 Å². The van der Waals surface area contributed by atoms with E-state index in [9.17, 15) is 5.26 Å². The van der Waals surface area contributed by atoms with Crippen LogP contribution in [0, 0.1) is 11.3 Å². The molecular weight excluding hydrogens is 248 g/mol. The fourth-order valence-corrected chi connectivity index (χ4v) is 2.09. The van der Waals surface area contributed by atoms with E-state index in [1.807, 2.05) is 54.4 Å². The molecule has 0 saturated heterocycles. The van der Waals surface area contributed by atoms with Crippen LogP contribution < -0.4 is 4.90 Å². The highest BCUT2D eigenvalue weighted by Gasteiger charge is 2.10. The van der Waals surface area contributed by atoms with E-state index in [1.54, 1.807) is 12.3 Å². The number of anilines is 2. The van der Waals surface area contributed by atoms with Crippen molar-refractivity contribution in [3.63, 3.8) is 0 Å². The molecule has 0 spiro atoms. The summed E-state index contributed by atoms with van der Waals surface area (Å²) < 4.78 is 0. The van der Waals surface area contributed by atoms with Crippen LogP contribution in [0.5, 0.6) is 0 Å². The molecule has 0 amide bonds. The van der Waals surface area contributed by atoms with Crippen molar-refractivity contribution in [3.05, 3.63) is 60.3 Å². The van der Waals surface area contributed by atoms with E-state index in [-0.39, 0.29) is 0 Å². The van der Waals surface area contributed by atoms with Gasteiger partial charge in [-0.25, -0.2) is 4.98 Å². The Bertz CT molecular complexity index is 805. The number of para-hydroxylation sites is 3. The van der Waals surface area contributed by atoms with E-state index in [0.717, 1.165) is 16.7 Å². The molecular formula is C16H12N4.